The third-order valence-electron chi connectivity index (χ3n) is 4.25. The van der Waals surface area contributed by atoms with Gasteiger partial charge in [-0.1, -0.05) is 0 Å². The van der Waals surface area contributed by atoms with Gasteiger partial charge in [0.05, 0.1) is 12.1 Å². The van der Waals surface area contributed by atoms with Crippen molar-refractivity contribution in [2.24, 2.45) is 11.7 Å². The summed E-state index contributed by atoms with van der Waals surface area (Å²) in [4.78, 5) is 13.4. The molecule has 1 amide bonds. The maximum absolute atomic E-state index is 12.4. The summed E-state index contributed by atoms with van der Waals surface area (Å²) in [5.41, 5.74) is 5.37. The van der Waals surface area contributed by atoms with Crippen LogP contribution in [-0.4, -0.2) is 55.2 Å². The van der Waals surface area contributed by atoms with Crippen LogP contribution in [-0.2, 0) is 14.8 Å². The van der Waals surface area contributed by atoms with Gasteiger partial charge >= 0.3 is 0 Å². The molecule has 2 rings (SSSR count). The Bertz CT molecular complexity index is 656. The second-order valence-corrected chi connectivity index (χ2v) is 8.22. The first-order chi connectivity index (χ1) is 11.3. The minimum atomic E-state index is -3.56. The maximum Gasteiger partial charge on any atom is 0.257 e. The highest BCUT2D eigenvalue weighted by Crippen LogP contribution is 2.16. The van der Waals surface area contributed by atoms with Gasteiger partial charge in [-0.05, 0) is 52.3 Å². The molecule has 0 aliphatic carbocycles. The fourth-order valence-corrected chi connectivity index (χ4v) is 4.28. The van der Waals surface area contributed by atoms with Gasteiger partial charge in [0.25, 0.3) is 10.0 Å². The molecule has 1 aliphatic rings. The molecule has 1 atom stereocenters. The molecule has 0 unspecified atom stereocenters. The van der Waals surface area contributed by atoms with E-state index in [1.165, 1.54) is 16.9 Å². The van der Waals surface area contributed by atoms with Crippen molar-refractivity contribution in [3.05, 3.63) is 12.3 Å². The van der Waals surface area contributed by atoms with E-state index in [0.717, 1.165) is 25.9 Å². The number of primary amides is 1. The molecule has 1 aromatic rings. The number of piperidine rings is 1. The average Bonchev–Trinajstić information content (AvgIpc) is 3.03. The Labute approximate surface area is 143 Å². The molecule has 136 valence electrons. The lowest BCUT2D eigenvalue weighted by Gasteiger charge is -2.31. The Morgan fingerprint density at radius 3 is 2.92 bits per heavy atom. The normalized spacial score (nSPS) is 19.7. The van der Waals surface area contributed by atoms with E-state index in [2.05, 4.69) is 14.7 Å². The van der Waals surface area contributed by atoms with Gasteiger partial charge in [0.1, 0.15) is 0 Å². The van der Waals surface area contributed by atoms with Crippen LogP contribution >= 0.6 is 0 Å². The number of carbonyl (C=O) groups excluding carboxylic acids is 1. The molecule has 1 saturated heterocycles. The zero-order chi connectivity index (χ0) is 17.7. The van der Waals surface area contributed by atoms with Crippen molar-refractivity contribution in [1.29, 1.82) is 0 Å². The molecule has 8 nitrogen and oxygen atoms in total. The van der Waals surface area contributed by atoms with Gasteiger partial charge in [-0.15, -0.1) is 0 Å². The fourth-order valence-electron chi connectivity index (χ4n) is 2.98. The lowest BCUT2D eigenvalue weighted by atomic mass is 9.97. The lowest BCUT2D eigenvalue weighted by Crippen LogP contribution is -2.42. The summed E-state index contributed by atoms with van der Waals surface area (Å²) in [6, 6.07) is 1.48. The predicted molar refractivity (Wildman–Crippen MR) is 90.8 cm³/mol. The van der Waals surface area contributed by atoms with Crippen molar-refractivity contribution < 1.29 is 13.2 Å². The third kappa shape index (κ3) is 4.78. The van der Waals surface area contributed by atoms with Gasteiger partial charge < -0.3 is 10.6 Å². The summed E-state index contributed by atoms with van der Waals surface area (Å²) in [5.74, 6) is -0.335. The molecule has 3 N–H and O–H groups in total. The molecule has 0 bridgehead atoms. The maximum atomic E-state index is 12.4. The van der Waals surface area contributed by atoms with Crippen LogP contribution in [0, 0.1) is 5.92 Å². The summed E-state index contributed by atoms with van der Waals surface area (Å²) in [6.07, 6.45) is 3.97. The quantitative estimate of drug-likeness (QED) is 0.652. The number of hydrogen-bond acceptors (Lipinski definition) is 5. The number of carbonyl (C=O) groups is 1. The van der Waals surface area contributed by atoms with E-state index in [9.17, 15) is 13.2 Å². The number of hydrogen-bond donors (Lipinski definition) is 2. The lowest BCUT2D eigenvalue weighted by molar-refractivity contribution is -0.123. The summed E-state index contributed by atoms with van der Waals surface area (Å²) in [6.45, 7) is 6.47. The minimum Gasteiger partial charge on any atom is -0.369 e. The molecule has 0 aromatic carbocycles. The van der Waals surface area contributed by atoms with Crippen molar-refractivity contribution in [2.45, 2.75) is 44.2 Å². The first-order valence-corrected chi connectivity index (χ1v) is 9.84. The van der Waals surface area contributed by atoms with Crippen LogP contribution in [0.3, 0.4) is 0 Å². The Morgan fingerprint density at radius 1 is 1.50 bits per heavy atom. The van der Waals surface area contributed by atoms with Crippen LogP contribution in [0.5, 0.6) is 0 Å². The molecule has 0 radical (unpaired) electrons. The minimum absolute atomic E-state index is 0.0225. The summed E-state index contributed by atoms with van der Waals surface area (Å²) in [7, 11) is -3.56. The second-order valence-electron chi connectivity index (χ2n) is 6.50. The van der Waals surface area contributed by atoms with E-state index in [-0.39, 0.29) is 22.9 Å². The molecular weight excluding hydrogens is 330 g/mol. The first kappa shape index (κ1) is 18.9. The van der Waals surface area contributed by atoms with E-state index >= 15 is 0 Å². The number of amides is 1. The topological polar surface area (TPSA) is 110 Å². The molecule has 0 saturated carbocycles. The standard InChI is InChI=1S/C15H27N5O3S/c1-12(2)20-14(6-8-17-20)24(22,23)18-7-4-10-19-9-3-5-13(11-19)15(16)21/h6,8,12-13,18H,3-5,7,9-11H2,1-2H3,(H2,16,21)/t13-/m0/s1. The molecule has 1 aromatic heterocycles. The SMILES string of the molecule is CC(C)n1nccc1S(=O)(=O)NCCCN1CCC[C@H](C(N)=O)C1. The summed E-state index contributed by atoms with van der Waals surface area (Å²) >= 11 is 0. The van der Waals surface area contributed by atoms with Crippen LogP contribution in [0.2, 0.25) is 0 Å². The number of nitrogens with zero attached hydrogens (tertiary/aromatic N) is 3. The molecular formula is C15H27N5O3S. The van der Waals surface area contributed by atoms with Crippen molar-refractivity contribution in [3.8, 4) is 0 Å². The van der Waals surface area contributed by atoms with Crippen molar-refractivity contribution >= 4 is 15.9 Å². The second kappa shape index (κ2) is 8.09. The number of aromatic nitrogens is 2. The average molecular weight is 357 g/mol. The number of sulfonamides is 1. The molecule has 1 aliphatic heterocycles. The van der Waals surface area contributed by atoms with Gasteiger partial charge in [-0.2, -0.15) is 5.10 Å². The van der Waals surface area contributed by atoms with Crippen molar-refractivity contribution in [1.82, 2.24) is 19.4 Å². The first-order valence-electron chi connectivity index (χ1n) is 8.36. The third-order valence-corrected chi connectivity index (χ3v) is 5.71. The van der Waals surface area contributed by atoms with E-state index in [0.29, 0.717) is 19.5 Å². The van der Waals surface area contributed by atoms with Crippen molar-refractivity contribution in [2.75, 3.05) is 26.2 Å². The fraction of sp³-hybridized carbons (Fsp3) is 0.733. The highest BCUT2D eigenvalue weighted by Gasteiger charge is 2.24. The highest BCUT2D eigenvalue weighted by molar-refractivity contribution is 7.89. The number of likely N-dealkylation sites (tertiary alicyclic amines) is 1. The van der Waals surface area contributed by atoms with Gasteiger partial charge in [-0.3, -0.25) is 9.48 Å². The van der Waals surface area contributed by atoms with Crippen molar-refractivity contribution in [3.63, 3.8) is 0 Å². The van der Waals surface area contributed by atoms with Crippen LogP contribution in [0.4, 0.5) is 0 Å². The van der Waals surface area contributed by atoms with Gasteiger partial charge in [0.2, 0.25) is 5.91 Å². The number of rotatable bonds is 8. The molecule has 2 heterocycles. The summed E-state index contributed by atoms with van der Waals surface area (Å²) in [5, 5.41) is 4.24. The smallest absolute Gasteiger partial charge is 0.257 e. The highest BCUT2D eigenvalue weighted by atomic mass is 32.2. The van der Waals surface area contributed by atoms with Crippen LogP contribution in [0.25, 0.3) is 0 Å². The Balaban J connectivity index is 1.81. The Kier molecular flexibility index (Phi) is 6.36. The monoisotopic (exact) mass is 357 g/mol. The summed E-state index contributed by atoms with van der Waals surface area (Å²) < 4.78 is 28.8. The largest absolute Gasteiger partial charge is 0.369 e. The van der Waals surface area contributed by atoms with E-state index in [1.807, 2.05) is 13.8 Å². The van der Waals surface area contributed by atoms with Gasteiger partial charge in [-0.25, -0.2) is 13.1 Å². The van der Waals surface area contributed by atoms with Gasteiger partial charge in [0, 0.05) is 19.1 Å². The number of nitrogens with two attached hydrogens (primary N) is 1. The van der Waals surface area contributed by atoms with E-state index in [4.69, 9.17) is 5.73 Å². The van der Waals surface area contributed by atoms with Crippen LogP contribution < -0.4 is 10.5 Å². The molecule has 24 heavy (non-hydrogen) atoms. The molecule has 9 heteroatoms. The number of nitrogens with one attached hydrogen (secondary N) is 1. The predicted octanol–water partition coefficient (Wildman–Crippen LogP) is 0.330. The van der Waals surface area contributed by atoms with E-state index in [1.54, 1.807) is 0 Å². The van der Waals surface area contributed by atoms with Crippen LogP contribution in [0.1, 0.15) is 39.2 Å². The Morgan fingerprint density at radius 2 is 2.25 bits per heavy atom. The Hall–Kier alpha value is -1.45. The van der Waals surface area contributed by atoms with E-state index < -0.39 is 10.0 Å². The van der Waals surface area contributed by atoms with Gasteiger partial charge in [0.15, 0.2) is 5.03 Å². The zero-order valence-corrected chi connectivity index (χ0v) is 15.1. The molecule has 0 spiro atoms. The zero-order valence-electron chi connectivity index (χ0n) is 14.3. The molecule has 1 fully saturated rings. The van der Waals surface area contributed by atoms with Crippen LogP contribution in [0.15, 0.2) is 17.3 Å².